The van der Waals surface area contributed by atoms with Crippen molar-refractivity contribution in [1.29, 1.82) is 0 Å². The van der Waals surface area contributed by atoms with Crippen molar-refractivity contribution in [2.45, 2.75) is 37.2 Å². The average molecular weight is 496 g/mol. The number of hydrogen-bond donors (Lipinski definition) is 1. The number of fused-ring (bicyclic) bond motifs is 1. The summed E-state index contributed by atoms with van der Waals surface area (Å²) < 4.78 is 97.9. The minimum absolute atomic E-state index is 0.00716. The third-order valence-corrected chi connectivity index (χ3v) is 6.73. The molecule has 1 aromatic heterocycles. The molecule has 0 saturated carbocycles. The summed E-state index contributed by atoms with van der Waals surface area (Å²) in [6.45, 7) is 0.0588. The lowest BCUT2D eigenvalue weighted by molar-refractivity contribution is -0.138. The number of aliphatic hydroxyl groups excluding tert-OH is 1. The van der Waals surface area contributed by atoms with Crippen molar-refractivity contribution >= 4 is 15.7 Å². The zero-order valence-electron chi connectivity index (χ0n) is 16.8. The van der Waals surface area contributed by atoms with Crippen LogP contribution in [0.2, 0.25) is 0 Å². The number of pyridine rings is 1. The number of hydrogen-bond acceptors (Lipinski definition) is 5. The molecule has 180 valence electrons. The first-order valence-corrected chi connectivity index (χ1v) is 11.2. The average Bonchev–Trinajstić information content (AvgIpc) is 2.75. The van der Waals surface area contributed by atoms with Crippen LogP contribution in [-0.2, 0) is 33.8 Å². The summed E-state index contributed by atoms with van der Waals surface area (Å²) in [5, 5.41) is 10.7. The highest BCUT2D eigenvalue weighted by atomic mass is 32.2. The maximum absolute atomic E-state index is 12.7. The van der Waals surface area contributed by atoms with Crippen LogP contribution in [0.3, 0.4) is 0 Å². The van der Waals surface area contributed by atoms with Crippen LogP contribution in [-0.4, -0.2) is 47.1 Å². The summed E-state index contributed by atoms with van der Waals surface area (Å²) in [6.07, 6.45) is -5.90. The van der Waals surface area contributed by atoms with E-state index < -0.39 is 51.3 Å². The molecule has 3 rings (SSSR count). The Bertz CT molecular complexity index is 1130. The van der Waals surface area contributed by atoms with E-state index in [1.165, 1.54) is 4.90 Å². The molecule has 1 aliphatic heterocycles. The van der Waals surface area contributed by atoms with Gasteiger partial charge in [-0.05, 0) is 35.2 Å². The number of carbonyl (C=O) groups excluding carboxylic acids is 1. The fourth-order valence-corrected chi connectivity index (χ4v) is 4.17. The summed E-state index contributed by atoms with van der Waals surface area (Å²) in [5.41, 5.74) is -4.80. The molecule has 6 nitrogen and oxygen atoms in total. The zero-order chi connectivity index (χ0) is 24.6. The number of aliphatic hydroxyl groups is 1. The van der Waals surface area contributed by atoms with Gasteiger partial charge in [-0.3, -0.25) is 9.78 Å². The molecule has 1 unspecified atom stereocenters. The molecule has 0 spiro atoms. The predicted molar refractivity (Wildman–Crippen MR) is 103 cm³/mol. The summed E-state index contributed by atoms with van der Waals surface area (Å²) in [5.74, 6) is -2.11. The molecule has 0 bridgehead atoms. The molecule has 0 fully saturated rings. The Hall–Kier alpha value is -2.67. The van der Waals surface area contributed by atoms with E-state index in [2.05, 4.69) is 4.98 Å². The molecule has 0 saturated heterocycles. The van der Waals surface area contributed by atoms with E-state index in [1.54, 1.807) is 18.2 Å². The third kappa shape index (κ3) is 5.46. The quantitative estimate of drug-likeness (QED) is 0.642. The highest BCUT2D eigenvalue weighted by molar-refractivity contribution is 7.92. The van der Waals surface area contributed by atoms with E-state index in [9.17, 15) is 44.7 Å². The van der Waals surface area contributed by atoms with E-state index in [1.807, 2.05) is 0 Å². The van der Waals surface area contributed by atoms with Crippen LogP contribution in [0.5, 0.6) is 0 Å². The van der Waals surface area contributed by atoms with Crippen molar-refractivity contribution < 1.29 is 44.7 Å². The second kappa shape index (κ2) is 8.93. The molecule has 33 heavy (non-hydrogen) atoms. The van der Waals surface area contributed by atoms with E-state index in [0.717, 1.165) is 12.1 Å². The van der Waals surface area contributed by atoms with Crippen molar-refractivity contribution in [2.75, 3.05) is 12.3 Å². The second-order valence-electron chi connectivity index (χ2n) is 7.44. The van der Waals surface area contributed by atoms with Gasteiger partial charge < -0.3 is 10.0 Å². The van der Waals surface area contributed by atoms with Gasteiger partial charge in [-0.15, -0.1) is 0 Å². The molecule has 2 aromatic rings. The number of benzene rings is 1. The van der Waals surface area contributed by atoms with E-state index in [4.69, 9.17) is 0 Å². The molecule has 2 heterocycles. The van der Waals surface area contributed by atoms with Crippen molar-refractivity contribution in [3.63, 3.8) is 0 Å². The van der Waals surface area contributed by atoms with Gasteiger partial charge >= 0.3 is 11.7 Å². The molecular formula is C20H18F6N2O4S. The van der Waals surface area contributed by atoms with Gasteiger partial charge in [-0.2, -0.15) is 26.3 Å². The lowest BCUT2D eigenvalue weighted by atomic mass is 9.90. The molecule has 1 aliphatic rings. The maximum Gasteiger partial charge on any atom is 0.497 e. The van der Waals surface area contributed by atoms with Gasteiger partial charge in [0.1, 0.15) is 6.10 Å². The van der Waals surface area contributed by atoms with Gasteiger partial charge in [0.15, 0.2) is 0 Å². The lowest BCUT2D eigenvalue weighted by Crippen LogP contribution is -2.38. The van der Waals surface area contributed by atoms with Gasteiger partial charge in [-0.1, -0.05) is 18.2 Å². The monoisotopic (exact) mass is 496 g/mol. The Balaban J connectivity index is 1.74. The van der Waals surface area contributed by atoms with E-state index in [-0.39, 0.29) is 25.2 Å². The molecule has 0 aliphatic carbocycles. The molecular weight excluding hydrogens is 478 g/mol. The van der Waals surface area contributed by atoms with Crippen molar-refractivity contribution in [3.05, 3.63) is 64.5 Å². The minimum Gasteiger partial charge on any atom is -0.382 e. The Labute approximate surface area is 184 Å². The van der Waals surface area contributed by atoms with Gasteiger partial charge in [0.05, 0.1) is 17.0 Å². The Morgan fingerprint density at radius 1 is 1.12 bits per heavy atom. The summed E-state index contributed by atoms with van der Waals surface area (Å²) in [7, 11) is -5.41. The van der Waals surface area contributed by atoms with Gasteiger partial charge in [0.25, 0.3) is 0 Å². The molecule has 1 amide bonds. The number of rotatable bonds is 5. The number of nitrogens with zero attached hydrogens (tertiary/aromatic N) is 2. The van der Waals surface area contributed by atoms with Crippen LogP contribution in [0.1, 0.15) is 40.5 Å². The first-order chi connectivity index (χ1) is 15.2. The minimum atomic E-state index is -5.43. The van der Waals surface area contributed by atoms with Gasteiger partial charge in [0, 0.05) is 25.7 Å². The fourth-order valence-electron chi connectivity index (χ4n) is 3.50. The number of carbonyl (C=O) groups is 1. The highest BCUT2D eigenvalue weighted by Crippen LogP contribution is 2.33. The van der Waals surface area contributed by atoms with E-state index >= 15 is 0 Å². The zero-order valence-corrected chi connectivity index (χ0v) is 17.6. The largest absolute Gasteiger partial charge is 0.497 e. The molecule has 1 aromatic carbocycles. The number of halogens is 6. The first-order valence-electron chi connectivity index (χ1n) is 9.59. The number of alkyl halides is 6. The molecule has 1 atom stereocenters. The molecule has 13 heteroatoms. The van der Waals surface area contributed by atoms with Crippen molar-refractivity contribution in [2.24, 2.45) is 0 Å². The number of sulfone groups is 1. The van der Waals surface area contributed by atoms with Crippen LogP contribution in [0.4, 0.5) is 26.3 Å². The maximum atomic E-state index is 12.7. The van der Waals surface area contributed by atoms with Crippen LogP contribution in [0.15, 0.2) is 36.5 Å². The highest BCUT2D eigenvalue weighted by Gasteiger charge is 2.45. The Kier molecular flexibility index (Phi) is 6.76. The second-order valence-corrected chi connectivity index (χ2v) is 9.54. The summed E-state index contributed by atoms with van der Waals surface area (Å²) in [6, 6.07) is 6.63. The smallest absolute Gasteiger partial charge is 0.382 e. The Morgan fingerprint density at radius 2 is 1.82 bits per heavy atom. The fraction of sp³-hybridized carbons (Fsp3) is 0.400. The molecule has 1 N–H and O–H groups in total. The standard InChI is InChI=1S/C20H18F6N2O4S/c21-19(22,23)13-4-5-16(27-10-13)18(30)15-3-1-2-12-11-28(8-6-14(12)15)17(29)7-9-33(31,32)20(24,25)26/h1-5,10,18,30H,6-9,11H2. The van der Waals surface area contributed by atoms with Crippen LogP contribution in [0, 0.1) is 0 Å². The number of amides is 1. The third-order valence-electron chi connectivity index (χ3n) is 5.28. The Morgan fingerprint density at radius 3 is 2.39 bits per heavy atom. The van der Waals surface area contributed by atoms with Crippen LogP contribution < -0.4 is 0 Å². The molecule has 0 radical (unpaired) electrons. The normalized spacial score (nSPS) is 15.8. The van der Waals surface area contributed by atoms with Gasteiger partial charge in [0.2, 0.25) is 15.7 Å². The lowest BCUT2D eigenvalue weighted by Gasteiger charge is -2.31. The number of aromatic nitrogens is 1. The van der Waals surface area contributed by atoms with Crippen LogP contribution >= 0.6 is 0 Å². The summed E-state index contributed by atoms with van der Waals surface area (Å²) in [4.78, 5) is 17.2. The predicted octanol–water partition coefficient (Wildman–Crippen LogP) is 3.39. The topological polar surface area (TPSA) is 87.6 Å². The SMILES string of the molecule is O=C(CCS(=O)(=O)C(F)(F)F)N1CCc2c(cccc2C(O)c2ccc(C(F)(F)F)cn2)C1. The van der Waals surface area contributed by atoms with Crippen LogP contribution in [0.25, 0.3) is 0 Å². The summed E-state index contributed by atoms with van der Waals surface area (Å²) >= 11 is 0. The van der Waals surface area contributed by atoms with Gasteiger partial charge in [-0.25, -0.2) is 8.42 Å². The van der Waals surface area contributed by atoms with Crippen molar-refractivity contribution in [3.8, 4) is 0 Å². The van der Waals surface area contributed by atoms with E-state index in [0.29, 0.717) is 22.9 Å². The van der Waals surface area contributed by atoms with Crippen molar-refractivity contribution in [1.82, 2.24) is 9.88 Å². The first kappa shape index (κ1) is 25.0.